The van der Waals surface area contributed by atoms with E-state index in [1.165, 1.54) is 12.1 Å². The van der Waals surface area contributed by atoms with Crippen molar-refractivity contribution >= 4 is 17.8 Å². The average Bonchev–Trinajstić information content (AvgIpc) is 2.93. The Morgan fingerprint density at radius 3 is 1.74 bits per heavy atom. The van der Waals surface area contributed by atoms with Gasteiger partial charge in [0.25, 0.3) is 0 Å². The van der Waals surface area contributed by atoms with Gasteiger partial charge < -0.3 is 19.8 Å². The normalized spacial score (nSPS) is 10.5. The summed E-state index contributed by atoms with van der Waals surface area (Å²) in [6.45, 7) is 0.804. The van der Waals surface area contributed by atoms with Gasteiger partial charge in [-0.25, -0.2) is 9.59 Å². The topological polar surface area (TPSA) is 104 Å². The molecule has 0 aliphatic rings. The molecule has 1 amide bonds. The van der Waals surface area contributed by atoms with Crippen molar-refractivity contribution in [3.8, 4) is 11.5 Å². The molecule has 0 atom stereocenters. The molecule has 7 heteroatoms. The number of amides is 1. The average molecular weight is 510 g/mol. The van der Waals surface area contributed by atoms with E-state index in [2.05, 4.69) is 0 Å². The molecule has 0 radical (unpaired) electrons. The smallest absolute Gasteiger partial charge is 0.336 e. The van der Waals surface area contributed by atoms with Gasteiger partial charge in [0, 0.05) is 19.5 Å². The first kappa shape index (κ1) is 26.2. The lowest BCUT2D eigenvalue weighted by Crippen LogP contribution is -2.30. The standard InChI is InChI=1S/C31H27NO6/c33-29(18-14-22-13-17-27(30(34)35)28(19-22)31(36)37)32(20-23-7-3-1-4-8-23)21-24-11-15-26(16-12-24)38-25-9-5-2-6-10-25/h1-13,15-17,19H,14,18,20-21H2,(H,34,35)(H,36,37). The van der Waals surface area contributed by atoms with Crippen molar-refractivity contribution in [3.63, 3.8) is 0 Å². The van der Waals surface area contributed by atoms with E-state index in [0.717, 1.165) is 16.9 Å². The third-order valence-electron chi connectivity index (χ3n) is 6.02. The molecule has 38 heavy (non-hydrogen) atoms. The van der Waals surface area contributed by atoms with Crippen molar-refractivity contribution < 1.29 is 29.3 Å². The predicted octanol–water partition coefficient (Wildman–Crippen LogP) is 6.04. The molecule has 0 unspecified atom stereocenters. The fraction of sp³-hybridized carbons (Fsp3) is 0.129. The Morgan fingerprint density at radius 2 is 1.13 bits per heavy atom. The molecule has 4 aromatic rings. The molecule has 0 aliphatic heterocycles. The number of aryl methyl sites for hydroxylation is 1. The molecule has 0 aliphatic carbocycles. The lowest BCUT2D eigenvalue weighted by molar-refractivity contribution is -0.132. The lowest BCUT2D eigenvalue weighted by Gasteiger charge is -2.23. The van der Waals surface area contributed by atoms with Gasteiger partial charge in [0.05, 0.1) is 11.1 Å². The minimum atomic E-state index is -1.32. The van der Waals surface area contributed by atoms with E-state index in [4.69, 9.17) is 4.74 Å². The molecule has 0 aromatic heterocycles. The second kappa shape index (κ2) is 12.4. The molecule has 0 spiro atoms. The summed E-state index contributed by atoms with van der Waals surface area (Å²) in [5.41, 5.74) is 1.94. The zero-order valence-corrected chi connectivity index (χ0v) is 20.6. The predicted molar refractivity (Wildman–Crippen MR) is 142 cm³/mol. The quantitative estimate of drug-likeness (QED) is 0.256. The summed E-state index contributed by atoms with van der Waals surface area (Å²) in [7, 11) is 0. The molecule has 0 bridgehead atoms. The number of para-hydroxylation sites is 1. The maximum Gasteiger partial charge on any atom is 0.336 e. The second-order valence-corrected chi connectivity index (χ2v) is 8.78. The number of carbonyl (C=O) groups is 3. The highest BCUT2D eigenvalue weighted by molar-refractivity contribution is 6.01. The number of aromatic carboxylic acids is 2. The van der Waals surface area contributed by atoms with Crippen LogP contribution in [0.3, 0.4) is 0 Å². The van der Waals surface area contributed by atoms with Gasteiger partial charge in [0.2, 0.25) is 5.91 Å². The Balaban J connectivity index is 1.47. The van der Waals surface area contributed by atoms with Crippen LogP contribution in [0.15, 0.2) is 103 Å². The van der Waals surface area contributed by atoms with E-state index in [1.54, 1.807) is 11.0 Å². The number of carboxylic acid groups (broad SMARTS) is 2. The maximum atomic E-state index is 13.3. The van der Waals surface area contributed by atoms with Crippen molar-refractivity contribution in [2.75, 3.05) is 0 Å². The van der Waals surface area contributed by atoms with Crippen LogP contribution in [-0.2, 0) is 24.3 Å². The Hall–Kier alpha value is -4.91. The minimum absolute atomic E-state index is 0.0994. The first-order valence-electron chi connectivity index (χ1n) is 12.1. The number of ether oxygens (including phenoxy) is 1. The summed E-state index contributed by atoms with van der Waals surface area (Å²) >= 11 is 0. The number of benzene rings is 4. The van der Waals surface area contributed by atoms with Gasteiger partial charge in [-0.1, -0.05) is 66.7 Å². The third kappa shape index (κ3) is 7.07. The van der Waals surface area contributed by atoms with Gasteiger partial charge in [0.1, 0.15) is 11.5 Å². The highest BCUT2D eigenvalue weighted by Gasteiger charge is 2.18. The number of nitrogens with zero attached hydrogens (tertiary/aromatic N) is 1. The fourth-order valence-electron chi connectivity index (χ4n) is 4.06. The zero-order chi connectivity index (χ0) is 26.9. The molecule has 7 nitrogen and oxygen atoms in total. The van der Waals surface area contributed by atoms with E-state index >= 15 is 0 Å². The van der Waals surface area contributed by atoms with Crippen LogP contribution >= 0.6 is 0 Å². The Kier molecular flexibility index (Phi) is 8.51. The van der Waals surface area contributed by atoms with Crippen LogP contribution in [0, 0.1) is 0 Å². The van der Waals surface area contributed by atoms with Crippen LogP contribution in [-0.4, -0.2) is 33.0 Å². The van der Waals surface area contributed by atoms with Crippen molar-refractivity contribution in [2.24, 2.45) is 0 Å². The number of hydrogen-bond acceptors (Lipinski definition) is 4. The molecule has 0 heterocycles. The first-order chi connectivity index (χ1) is 18.4. The second-order valence-electron chi connectivity index (χ2n) is 8.78. The van der Waals surface area contributed by atoms with E-state index in [1.807, 2.05) is 84.9 Å². The Bertz CT molecular complexity index is 1400. The largest absolute Gasteiger partial charge is 0.478 e. The highest BCUT2D eigenvalue weighted by Crippen LogP contribution is 2.22. The molecular formula is C31H27NO6. The zero-order valence-electron chi connectivity index (χ0n) is 20.6. The molecule has 4 aromatic carbocycles. The van der Waals surface area contributed by atoms with E-state index < -0.39 is 11.9 Å². The van der Waals surface area contributed by atoms with E-state index in [0.29, 0.717) is 24.4 Å². The van der Waals surface area contributed by atoms with Crippen LogP contribution in [0.4, 0.5) is 0 Å². The molecule has 4 rings (SSSR count). The number of carboxylic acids is 2. The summed E-state index contributed by atoms with van der Waals surface area (Å²) in [6.07, 6.45) is 0.432. The van der Waals surface area contributed by atoms with Gasteiger partial charge in [-0.3, -0.25) is 4.79 Å². The van der Waals surface area contributed by atoms with E-state index in [9.17, 15) is 24.6 Å². The number of carbonyl (C=O) groups excluding carboxylic acids is 1. The van der Waals surface area contributed by atoms with Crippen LogP contribution in [0.1, 0.15) is 43.8 Å². The van der Waals surface area contributed by atoms with Crippen molar-refractivity contribution in [3.05, 3.63) is 131 Å². The maximum absolute atomic E-state index is 13.3. The summed E-state index contributed by atoms with van der Waals surface area (Å²) in [5, 5.41) is 18.6. The van der Waals surface area contributed by atoms with Gasteiger partial charge in [-0.2, -0.15) is 0 Å². The summed E-state index contributed by atoms with van der Waals surface area (Å²) in [5.74, 6) is -1.29. The van der Waals surface area contributed by atoms with Crippen LogP contribution in [0.2, 0.25) is 0 Å². The summed E-state index contributed by atoms with van der Waals surface area (Å²) in [6, 6.07) is 30.9. The van der Waals surface area contributed by atoms with Gasteiger partial charge in [0.15, 0.2) is 0 Å². The van der Waals surface area contributed by atoms with Crippen molar-refractivity contribution in [1.29, 1.82) is 0 Å². The molecule has 2 N–H and O–H groups in total. The molecule has 0 saturated heterocycles. The molecule has 192 valence electrons. The van der Waals surface area contributed by atoms with Crippen molar-refractivity contribution in [2.45, 2.75) is 25.9 Å². The van der Waals surface area contributed by atoms with Crippen LogP contribution in [0.5, 0.6) is 11.5 Å². The summed E-state index contributed by atoms with van der Waals surface area (Å²) < 4.78 is 5.86. The van der Waals surface area contributed by atoms with Gasteiger partial charge in [-0.15, -0.1) is 0 Å². The first-order valence-corrected chi connectivity index (χ1v) is 12.1. The monoisotopic (exact) mass is 509 g/mol. The van der Waals surface area contributed by atoms with E-state index in [-0.39, 0.29) is 29.9 Å². The Morgan fingerprint density at radius 1 is 0.605 bits per heavy atom. The van der Waals surface area contributed by atoms with Crippen molar-refractivity contribution in [1.82, 2.24) is 4.90 Å². The van der Waals surface area contributed by atoms with Gasteiger partial charge in [-0.05, 0) is 59.5 Å². The number of rotatable bonds is 11. The Labute approximate surface area is 220 Å². The molecular weight excluding hydrogens is 482 g/mol. The van der Waals surface area contributed by atoms with Crippen LogP contribution in [0.25, 0.3) is 0 Å². The fourth-order valence-corrected chi connectivity index (χ4v) is 4.06. The molecule has 0 fully saturated rings. The highest BCUT2D eigenvalue weighted by atomic mass is 16.5. The van der Waals surface area contributed by atoms with Crippen LogP contribution < -0.4 is 4.74 Å². The SMILES string of the molecule is O=C(O)c1ccc(CCC(=O)N(Cc2ccccc2)Cc2ccc(Oc3ccccc3)cc2)cc1C(=O)O. The summed E-state index contributed by atoms with van der Waals surface area (Å²) in [4.78, 5) is 37.9. The third-order valence-corrected chi connectivity index (χ3v) is 6.02. The van der Waals surface area contributed by atoms with Gasteiger partial charge >= 0.3 is 11.9 Å². The number of hydrogen-bond donors (Lipinski definition) is 2. The minimum Gasteiger partial charge on any atom is -0.478 e. The lowest BCUT2D eigenvalue weighted by atomic mass is 10.0. The molecule has 0 saturated carbocycles.